The molecule has 126 valence electrons. The van der Waals surface area contributed by atoms with Gasteiger partial charge in [-0.25, -0.2) is 0 Å². The van der Waals surface area contributed by atoms with Crippen LogP contribution in [-0.4, -0.2) is 30.2 Å². The van der Waals surface area contributed by atoms with Gasteiger partial charge in [0.1, 0.15) is 0 Å². The van der Waals surface area contributed by atoms with Crippen molar-refractivity contribution in [2.45, 2.75) is 38.6 Å². The molecule has 0 spiro atoms. The standard InChI is InChI=1S/C17H23NO4S/c1-12(14-7-5-4-6-8-14)9-13(2)15-10-17(3,18-16(15)19)11-23(20,21)22/h4-9,12,15H,10-11H2,1-3H3,(H,18,19)(H,20,21,22). The van der Waals surface area contributed by atoms with Crippen molar-refractivity contribution in [2.24, 2.45) is 5.92 Å². The number of hydrogen-bond acceptors (Lipinski definition) is 3. The van der Waals surface area contributed by atoms with Gasteiger partial charge in [0.15, 0.2) is 0 Å². The minimum absolute atomic E-state index is 0.164. The summed E-state index contributed by atoms with van der Waals surface area (Å²) in [5.41, 5.74) is 1.14. The molecule has 1 fully saturated rings. The first-order valence-corrected chi connectivity index (χ1v) is 9.21. The Kier molecular flexibility index (Phi) is 4.96. The quantitative estimate of drug-likeness (QED) is 0.639. The summed E-state index contributed by atoms with van der Waals surface area (Å²) in [4.78, 5) is 12.2. The van der Waals surface area contributed by atoms with Gasteiger partial charge in [-0.05, 0) is 31.7 Å². The molecule has 2 rings (SSSR count). The maximum Gasteiger partial charge on any atom is 0.267 e. The third kappa shape index (κ3) is 4.65. The number of benzene rings is 1. The molecule has 1 aromatic carbocycles. The van der Waals surface area contributed by atoms with E-state index in [9.17, 15) is 13.2 Å². The molecule has 0 radical (unpaired) electrons. The van der Waals surface area contributed by atoms with E-state index >= 15 is 0 Å². The number of carbonyl (C=O) groups excluding carboxylic acids is 1. The van der Waals surface area contributed by atoms with Gasteiger partial charge in [0.25, 0.3) is 10.1 Å². The molecule has 0 bridgehead atoms. The first-order valence-electron chi connectivity index (χ1n) is 7.60. The second-order valence-electron chi connectivity index (χ2n) is 6.64. The van der Waals surface area contributed by atoms with Crippen LogP contribution < -0.4 is 5.32 Å². The number of rotatable bonds is 5. The van der Waals surface area contributed by atoms with Crippen LogP contribution >= 0.6 is 0 Å². The zero-order valence-electron chi connectivity index (χ0n) is 13.6. The highest BCUT2D eigenvalue weighted by molar-refractivity contribution is 7.85. The Hall–Kier alpha value is -1.66. The van der Waals surface area contributed by atoms with Crippen LogP contribution in [0.2, 0.25) is 0 Å². The van der Waals surface area contributed by atoms with Crippen LogP contribution in [0, 0.1) is 5.92 Å². The summed E-state index contributed by atoms with van der Waals surface area (Å²) in [7, 11) is -4.14. The van der Waals surface area contributed by atoms with E-state index in [-0.39, 0.29) is 17.7 Å². The summed E-state index contributed by atoms with van der Waals surface area (Å²) in [5.74, 6) is -0.862. The highest BCUT2D eigenvalue weighted by Gasteiger charge is 2.43. The average molecular weight is 337 g/mol. The fourth-order valence-corrected chi connectivity index (χ4v) is 4.20. The van der Waals surface area contributed by atoms with E-state index in [1.54, 1.807) is 6.92 Å². The predicted molar refractivity (Wildman–Crippen MR) is 89.7 cm³/mol. The Labute approximate surface area is 137 Å². The molecule has 2 N–H and O–H groups in total. The van der Waals surface area contributed by atoms with Crippen molar-refractivity contribution in [3.05, 3.63) is 47.5 Å². The Morgan fingerprint density at radius 2 is 2.04 bits per heavy atom. The van der Waals surface area contributed by atoms with Crippen molar-refractivity contribution < 1.29 is 17.8 Å². The zero-order valence-corrected chi connectivity index (χ0v) is 14.4. The molecule has 23 heavy (non-hydrogen) atoms. The summed E-state index contributed by atoms with van der Waals surface area (Å²) < 4.78 is 31.3. The van der Waals surface area contributed by atoms with Gasteiger partial charge < -0.3 is 5.32 Å². The Balaban J connectivity index is 2.15. The van der Waals surface area contributed by atoms with Crippen LogP contribution in [0.4, 0.5) is 0 Å². The molecule has 1 aliphatic rings. The molecule has 0 saturated carbocycles. The summed E-state index contributed by atoms with van der Waals surface area (Å²) in [5, 5.41) is 2.71. The molecule has 0 aromatic heterocycles. The van der Waals surface area contributed by atoms with Crippen LogP contribution in [0.25, 0.3) is 0 Å². The van der Waals surface area contributed by atoms with Gasteiger partial charge >= 0.3 is 0 Å². The Bertz CT molecular complexity index is 711. The van der Waals surface area contributed by atoms with E-state index in [1.807, 2.05) is 43.3 Å². The van der Waals surface area contributed by atoms with E-state index in [1.165, 1.54) is 0 Å². The lowest BCUT2D eigenvalue weighted by Crippen LogP contribution is -2.44. The maximum absolute atomic E-state index is 12.2. The third-order valence-electron chi connectivity index (χ3n) is 4.28. The maximum atomic E-state index is 12.2. The van der Waals surface area contributed by atoms with E-state index in [2.05, 4.69) is 12.2 Å². The molecule has 1 heterocycles. The van der Waals surface area contributed by atoms with E-state index < -0.39 is 21.4 Å². The lowest BCUT2D eigenvalue weighted by Gasteiger charge is -2.22. The molecule has 3 atom stereocenters. The van der Waals surface area contributed by atoms with Crippen molar-refractivity contribution in [3.8, 4) is 0 Å². The second kappa shape index (κ2) is 6.45. The van der Waals surface area contributed by atoms with Crippen molar-refractivity contribution in [2.75, 3.05) is 5.75 Å². The molecule has 1 aliphatic heterocycles. The smallest absolute Gasteiger partial charge is 0.267 e. The van der Waals surface area contributed by atoms with E-state index in [0.717, 1.165) is 11.1 Å². The van der Waals surface area contributed by atoms with Crippen molar-refractivity contribution >= 4 is 16.0 Å². The van der Waals surface area contributed by atoms with Gasteiger partial charge in [0, 0.05) is 0 Å². The molecular formula is C17H23NO4S. The van der Waals surface area contributed by atoms with Crippen LogP contribution in [0.3, 0.4) is 0 Å². The van der Waals surface area contributed by atoms with Crippen LogP contribution in [0.15, 0.2) is 42.0 Å². The molecule has 6 heteroatoms. The number of nitrogens with one attached hydrogen (secondary N) is 1. The molecule has 0 aliphatic carbocycles. The fourth-order valence-electron chi connectivity index (χ4n) is 3.21. The average Bonchev–Trinajstić information content (AvgIpc) is 2.72. The first kappa shape index (κ1) is 17.7. The number of amides is 1. The Morgan fingerprint density at radius 3 is 2.61 bits per heavy atom. The predicted octanol–water partition coefficient (Wildman–Crippen LogP) is 2.52. The minimum Gasteiger partial charge on any atom is -0.349 e. The number of allylic oxidation sites excluding steroid dienone is 1. The van der Waals surface area contributed by atoms with Crippen molar-refractivity contribution in [3.63, 3.8) is 0 Å². The van der Waals surface area contributed by atoms with Gasteiger partial charge in [-0.3, -0.25) is 9.35 Å². The van der Waals surface area contributed by atoms with Gasteiger partial charge in [0.2, 0.25) is 5.91 Å². The molecule has 1 amide bonds. The van der Waals surface area contributed by atoms with Crippen molar-refractivity contribution in [1.29, 1.82) is 0 Å². The monoisotopic (exact) mass is 337 g/mol. The lowest BCUT2D eigenvalue weighted by atomic mass is 9.88. The molecule has 3 unspecified atom stereocenters. The topological polar surface area (TPSA) is 83.5 Å². The fraction of sp³-hybridized carbons (Fsp3) is 0.471. The number of hydrogen-bond donors (Lipinski definition) is 2. The zero-order chi connectivity index (χ0) is 17.3. The van der Waals surface area contributed by atoms with Gasteiger partial charge in [-0.1, -0.05) is 48.9 Å². The summed E-state index contributed by atoms with van der Waals surface area (Å²) in [6.45, 7) is 5.60. The van der Waals surface area contributed by atoms with Crippen molar-refractivity contribution in [1.82, 2.24) is 5.32 Å². The highest BCUT2D eigenvalue weighted by atomic mass is 32.2. The van der Waals surface area contributed by atoms with Crippen LogP contribution in [-0.2, 0) is 14.9 Å². The van der Waals surface area contributed by atoms with E-state index in [4.69, 9.17) is 4.55 Å². The van der Waals surface area contributed by atoms with Gasteiger partial charge in [0.05, 0.1) is 17.2 Å². The summed E-state index contributed by atoms with van der Waals surface area (Å²) in [6, 6.07) is 9.97. The molecular weight excluding hydrogens is 314 g/mol. The number of carbonyl (C=O) groups is 1. The van der Waals surface area contributed by atoms with Gasteiger partial charge in [-0.15, -0.1) is 0 Å². The first-order chi connectivity index (χ1) is 10.6. The van der Waals surface area contributed by atoms with Crippen LogP contribution in [0.5, 0.6) is 0 Å². The normalized spacial score (nSPS) is 26.9. The summed E-state index contributed by atoms with van der Waals surface area (Å²) in [6.07, 6.45) is 2.40. The highest BCUT2D eigenvalue weighted by Crippen LogP contribution is 2.32. The largest absolute Gasteiger partial charge is 0.349 e. The Morgan fingerprint density at radius 1 is 1.43 bits per heavy atom. The summed E-state index contributed by atoms with van der Waals surface area (Å²) >= 11 is 0. The van der Waals surface area contributed by atoms with E-state index in [0.29, 0.717) is 6.42 Å². The molecule has 5 nitrogen and oxygen atoms in total. The molecule has 1 aromatic rings. The third-order valence-corrected chi connectivity index (χ3v) is 5.29. The van der Waals surface area contributed by atoms with Crippen LogP contribution in [0.1, 0.15) is 38.7 Å². The lowest BCUT2D eigenvalue weighted by molar-refractivity contribution is -0.121. The minimum atomic E-state index is -4.14. The SMILES string of the molecule is CC(=CC(C)c1ccccc1)C1CC(C)(CS(=O)(=O)O)NC1=O. The molecule has 1 saturated heterocycles. The van der Waals surface area contributed by atoms with Gasteiger partial charge in [-0.2, -0.15) is 8.42 Å². The second-order valence-corrected chi connectivity index (χ2v) is 8.10.